The summed E-state index contributed by atoms with van der Waals surface area (Å²) in [6.45, 7) is 1.56. The number of rotatable bonds is 5. The van der Waals surface area contributed by atoms with E-state index in [1.54, 1.807) is 6.92 Å². The van der Waals surface area contributed by atoms with Gasteiger partial charge in [0.2, 0.25) is 0 Å². The van der Waals surface area contributed by atoms with E-state index in [1.165, 1.54) is 39.5 Å². The topological polar surface area (TPSA) is 71.1 Å². The van der Waals surface area contributed by atoms with Gasteiger partial charge in [-0.05, 0) is 25.1 Å². The third-order valence-corrected chi connectivity index (χ3v) is 2.42. The lowest BCUT2D eigenvalue weighted by atomic mass is 10.2. The van der Waals surface area contributed by atoms with Crippen molar-refractivity contribution in [1.29, 1.82) is 0 Å². The lowest BCUT2D eigenvalue weighted by molar-refractivity contribution is -0.147. The van der Waals surface area contributed by atoms with Gasteiger partial charge >= 0.3 is 11.9 Å². The monoisotopic (exact) mass is 268 g/mol. The highest BCUT2D eigenvalue weighted by molar-refractivity contribution is 5.90. The summed E-state index contributed by atoms with van der Waals surface area (Å²) in [7, 11) is 4.00. The molecule has 0 radical (unpaired) electrons. The Bertz CT molecular complexity index is 468. The molecule has 0 bridgehead atoms. The first-order valence-corrected chi connectivity index (χ1v) is 5.54. The molecule has 0 fully saturated rings. The fourth-order valence-electron chi connectivity index (χ4n) is 1.41. The van der Waals surface area contributed by atoms with Gasteiger partial charge < -0.3 is 18.9 Å². The van der Waals surface area contributed by atoms with Crippen LogP contribution < -0.4 is 9.47 Å². The van der Waals surface area contributed by atoms with Crippen LogP contribution in [0.1, 0.15) is 17.3 Å². The van der Waals surface area contributed by atoms with Gasteiger partial charge in [0.05, 0.1) is 26.9 Å². The quantitative estimate of drug-likeness (QED) is 0.752. The Morgan fingerprint density at radius 3 is 2.26 bits per heavy atom. The lowest BCUT2D eigenvalue weighted by Crippen LogP contribution is -2.25. The summed E-state index contributed by atoms with van der Waals surface area (Å²) in [6.07, 6.45) is -0.775. The maximum Gasteiger partial charge on any atom is 0.346 e. The summed E-state index contributed by atoms with van der Waals surface area (Å²) >= 11 is 0. The minimum absolute atomic E-state index is 0.331. The van der Waals surface area contributed by atoms with E-state index in [-0.39, 0.29) is 0 Å². The molecule has 6 heteroatoms. The van der Waals surface area contributed by atoms with Crippen LogP contribution >= 0.6 is 0 Å². The first-order chi connectivity index (χ1) is 9.03. The number of hydrogen-bond donors (Lipinski definition) is 0. The highest BCUT2D eigenvalue weighted by Gasteiger charge is 2.18. The number of hydrogen-bond acceptors (Lipinski definition) is 6. The maximum absolute atomic E-state index is 11.4. The number of esters is 2. The zero-order valence-electron chi connectivity index (χ0n) is 11.3. The van der Waals surface area contributed by atoms with Crippen LogP contribution in [0.4, 0.5) is 0 Å². The van der Waals surface area contributed by atoms with Crippen LogP contribution in [0.5, 0.6) is 11.5 Å². The Labute approximate surface area is 111 Å². The standard InChI is InChI=1S/C13H16O6/c1-8(12(14)17-3)19-10-6-5-9(13(15)18-4)7-11(10)16-2/h5-8H,1-4H3/t8-/m0/s1. The summed E-state index contributed by atoms with van der Waals surface area (Å²) < 4.78 is 19.7. The van der Waals surface area contributed by atoms with Crippen LogP contribution in [0.2, 0.25) is 0 Å². The Hall–Kier alpha value is -2.24. The molecule has 0 aliphatic carbocycles. The van der Waals surface area contributed by atoms with E-state index in [1.807, 2.05) is 0 Å². The summed E-state index contributed by atoms with van der Waals surface area (Å²) in [5, 5.41) is 0. The van der Waals surface area contributed by atoms with Gasteiger partial charge in [0.15, 0.2) is 17.6 Å². The molecule has 0 saturated heterocycles. The Kier molecular flexibility index (Phi) is 5.17. The molecule has 0 unspecified atom stereocenters. The highest BCUT2D eigenvalue weighted by atomic mass is 16.6. The third kappa shape index (κ3) is 3.61. The molecule has 0 amide bonds. The third-order valence-electron chi connectivity index (χ3n) is 2.42. The predicted octanol–water partition coefficient (Wildman–Crippen LogP) is 1.42. The summed E-state index contributed by atoms with van der Waals surface area (Å²) in [6, 6.07) is 4.53. The van der Waals surface area contributed by atoms with Crippen LogP contribution in [-0.2, 0) is 14.3 Å². The molecule has 0 N–H and O–H groups in total. The Balaban J connectivity index is 2.96. The first-order valence-electron chi connectivity index (χ1n) is 5.54. The average Bonchev–Trinajstić information content (AvgIpc) is 2.45. The zero-order chi connectivity index (χ0) is 14.4. The van der Waals surface area contributed by atoms with Gasteiger partial charge in [-0.1, -0.05) is 0 Å². The largest absolute Gasteiger partial charge is 0.493 e. The number of carbonyl (C=O) groups is 2. The molecule has 0 aliphatic heterocycles. The Morgan fingerprint density at radius 2 is 1.74 bits per heavy atom. The van der Waals surface area contributed by atoms with Crippen molar-refractivity contribution in [2.45, 2.75) is 13.0 Å². The fraction of sp³-hybridized carbons (Fsp3) is 0.385. The van der Waals surface area contributed by atoms with Gasteiger partial charge in [0, 0.05) is 0 Å². The van der Waals surface area contributed by atoms with Crippen molar-refractivity contribution >= 4 is 11.9 Å². The summed E-state index contributed by atoms with van der Waals surface area (Å²) in [4.78, 5) is 22.7. The molecule has 0 heterocycles. The Morgan fingerprint density at radius 1 is 1.05 bits per heavy atom. The van der Waals surface area contributed by atoms with Gasteiger partial charge in [0.1, 0.15) is 0 Å². The van der Waals surface area contributed by atoms with Gasteiger partial charge in [-0.25, -0.2) is 9.59 Å². The van der Waals surface area contributed by atoms with Gasteiger partial charge in [-0.15, -0.1) is 0 Å². The van der Waals surface area contributed by atoms with Crippen molar-refractivity contribution in [3.8, 4) is 11.5 Å². The minimum Gasteiger partial charge on any atom is -0.493 e. The van der Waals surface area contributed by atoms with E-state index in [0.29, 0.717) is 17.1 Å². The maximum atomic E-state index is 11.4. The van der Waals surface area contributed by atoms with E-state index in [4.69, 9.17) is 9.47 Å². The molecule has 1 aromatic rings. The van der Waals surface area contributed by atoms with Crippen molar-refractivity contribution in [2.24, 2.45) is 0 Å². The molecule has 0 saturated carbocycles. The number of benzene rings is 1. The first kappa shape index (κ1) is 14.8. The predicted molar refractivity (Wildman–Crippen MR) is 66.4 cm³/mol. The highest BCUT2D eigenvalue weighted by Crippen LogP contribution is 2.29. The summed E-state index contributed by atoms with van der Waals surface area (Å²) in [5.41, 5.74) is 0.331. The molecule has 6 nitrogen and oxygen atoms in total. The normalized spacial score (nSPS) is 11.4. The van der Waals surface area contributed by atoms with Crippen LogP contribution in [0.15, 0.2) is 18.2 Å². The van der Waals surface area contributed by atoms with Crippen molar-refractivity contribution in [1.82, 2.24) is 0 Å². The second-order valence-corrected chi connectivity index (χ2v) is 3.64. The van der Waals surface area contributed by atoms with Gasteiger partial charge in [-0.2, -0.15) is 0 Å². The van der Waals surface area contributed by atoms with Crippen molar-refractivity contribution in [3.63, 3.8) is 0 Å². The molecular formula is C13H16O6. The van der Waals surface area contributed by atoms with E-state index >= 15 is 0 Å². The lowest BCUT2D eigenvalue weighted by Gasteiger charge is -2.15. The van der Waals surface area contributed by atoms with Crippen molar-refractivity contribution in [3.05, 3.63) is 23.8 Å². The molecule has 19 heavy (non-hydrogen) atoms. The smallest absolute Gasteiger partial charge is 0.346 e. The van der Waals surface area contributed by atoms with Crippen LogP contribution in [0.3, 0.4) is 0 Å². The van der Waals surface area contributed by atoms with Crippen LogP contribution in [0, 0.1) is 0 Å². The second kappa shape index (κ2) is 6.63. The second-order valence-electron chi connectivity index (χ2n) is 3.64. The molecular weight excluding hydrogens is 252 g/mol. The minimum atomic E-state index is -0.775. The molecule has 0 aromatic heterocycles. The van der Waals surface area contributed by atoms with Gasteiger partial charge in [-0.3, -0.25) is 0 Å². The molecule has 0 spiro atoms. The van der Waals surface area contributed by atoms with Crippen molar-refractivity contribution < 1.29 is 28.5 Å². The van der Waals surface area contributed by atoms with E-state index in [0.717, 1.165) is 0 Å². The number of carbonyl (C=O) groups excluding carboxylic acids is 2. The average molecular weight is 268 g/mol. The van der Waals surface area contributed by atoms with E-state index < -0.39 is 18.0 Å². The molecule has 104 valence electrons. The molecule has 1 atom stereocenters. The molecule has 1 rings (SSSR count). The van der Waals surface area contributed by atoms with Crippen LogP contribution in [-0.4, -0.2) is 39.4 Å². The summed E-state index contributed by atoms with van der Waals surface area (Å²) in [5.74, 6) is -0.309. The SMILES string of the molecule is COC(=O)c1ccc(O[C@@H](C)C(=O)OC)c(OC)c1. The van der Waals surface area contributed by atoms with Crippen LogP contribution in [0.25, 0.3) is 0 Å². The molecule has 1 aromatic carbocycles. The van der Waals surface area contributed by atoms with E-state index in [2.05, 4.69) is 9.47 Å². The molecule has 0 aliphatic rings. The fourth-order valence-corrected chi connectivity index (χ4v) is 1.41. The number of methoxy groups -OCH3 is 3. The van der Waals surface area contributed by atoms with Crippen molar-refractivity contribution in [2.75, 3.05) is 21.3 Å². The van der Waals surface area contributed by atoms with Gasteiger partial charge in [0.25, 0.3) is 0 Å². The van der Waals surface area contributed by atoms with E-state index in [9.17, 15) is 9.59 Å². The number of ether oxygens (including phenoxy) is 4. The zero-order valence-corrected chi connectivity index (χ0v) is 11.3.